The summed E-state index contributed by atoms with van der Waals surface area (Å²) in [6, 6.07) is 16.1. The lowest BCUT2D eigenvalue weighted by Crippen LogP contribution is -2.28. The molecule has 2 aromatic carbocycles. The van der Waals surface area contributed by atoms with Crippen LogP contribution in [0.1, 0.15) is 46.1 Å². The zero-order chi connectivity index (χ0) is 21.4. The number of methoxy groups -OCH3 is 1. The fraction of sp³-hybridized carbons (Fsp3) is 0.280. The fourth-order valence-corrected chi connectivity index (χ4v) is 4.46. The molecule has 0 fully saturated rings. The zero-order valence-electron chi connectivity index (χ0n) is 17.8. The Morgan fingerprint density at radius 1 is 1.10 bits per heavy atom. The summed E-state index contributed by atoms with van der Waals surface area (Å²) in [7, 11) is 1.65. The van der Waals surface area contributed by atoms with E-state index in [1.807, 2.05) is 24.3 Å². The van der Waals surface area contributed by atoms with Crippen molar-refractivity contribution in [3.05, 3.63) is 92.4 Å². The lowest BCUT2D eigenvalue weighted by Gasteiger charge is -2.20. The van der Waals surface area contributed by atoms with Crippen molar-refractivity contribution in [1.29, 1.82) is 0 Å². The molecule has 1 N–H and O–H groups in total. The summed E-state index contributed by atoms with van der Waals surface area (Å²) in [6.07, 6.45) is 1.01. The van der Waals surface area contributed by atoms with Crippen molar-refractivity contribution in [2.24, 2.45) is 0 Å². The van der Waals surface area contributed by atoms with Gasteiger partial charge < -0.3 is 10.1 Å². The maximum Gasteiger partial charge on any atom is 0.253 e. The first-order chi connectivity index (χ1) is 14.4. The van der Waals surface area contributed by atoms with Gasteiger partial charge in [0.25, 0.3) is 5.56 Å². The van der Waals surface area contributed by atoms with Crippen molar-refractivity contribution in [3.8, 4) is 5.75 Å². The quantitative estimate of drug-likeness (QED) is 0.585. The number of benzene rings is 2. The minimum absolute atomic E-state index is 0.0597. The second-order valence-electron chi connectivity index (χ2n) is 7.95. The number of rotatable bonds is 5. The number of aromatic nitrogens is 1. The van der Waals surface area contributed by atoms with Crippen LogP contribution in [-0.4, -0.2) is 16.5 Å². The molecule has 4 nitrogen and oxygen atoms in total. The van der Waals surface area contributed by atoms with Gasteiger partial charge in [0.2, 0.25) is 0 Å². The molecule has 1 aliphatic heterocycles. The summed E-state index contributed by atoms with van der Waals surface area (Å²) in [4.78, 5) is 13.9. The van der Waals surface area contributed by atoms with Gasteiger partial charge in [0, 0.05) is 35.0 Å². The van der Waals surface area contributed by atoms with Crippen LogP contribution in [0.15, 0.2) is 53.3 Å². The molecule has 0 spiro atoms. The highest BCUT2D eigenvalue weighted by atomic mass is 32.1. The van der Waals surface area contributed by atoms with E-state index in [1.165, 1.54) is 22.3 Å². The van der Waals surface area contributed by atoms with E-state index in [1.54, 1.807) is 17.7 Å². The van der Waals surface area contributed by atoms with Crippen LogP contribution in [0.3, 0.4) is 0 Å². The van der Waals surface area contributed by atoms with Gasteiger partial charge in [0.15, 0.2) is 0 Å². The largest absolute Gasteiger partial charge is 0.494 e. The van der Waals surface area contributed by atoms with Gasteiger partial charge in [-0.3, -0.25) is 9.36 Å². The molecule has 0 radical (unpaired) electrons. The maximum atomic E-state index is 13.2. The Morgan fingerprint density at radius 3 is 2.53 bits per heavy atom. The summed E-state index contributed by atoms with van der Waals surface area (Å²) < 4.78 is 7.54. The predicted octanol–water partition coefficient (Wildman–Crippen LogP) is 5.11. The number of nitrogens with zero attached hydrogens (tertiary/aromatic N) is 1. The van der Waals surface area contributed by atoms with Gasteiger partial charge in [-0.25, -0.2) is 0 Å². The molecule has 2 heterocycles. The number of pyridine rings is 1. The van der Waals surface area contributed by atoms with Crippen molar-refractivity contribution in [2.45, 2.75) is 39.8 Å². The molecule has 0 saturated carbocycles. The SMILES string of the molecule is COc1c(Cc2cccc(C)c2C)cc(=O)n2c1C(=S)C[C@@H]2Nc1ccc(C)cc1. The zero-order valence-corrected chi connectivity index (χ0v) is 18.6. The van der Waals surface area contributed by atoms with Crippen LogP contribution < -0.4 is 15.6 Å². The lowest BCUT2D eigenvalue weighted by molar-refractivity contribution is 0.402. The van der Waals surface area contributed by atoms with Crippen LogP contribution >= 0.6 is 12.2 Å². The van der Waals surface area contributed by atoms with Gasteiger partial charge in [-0.1, -0.05) is 48.1 Å². The first kappa shape index (κ1) is 20.4. The van der Waals surface area contributed by atoms with Crippen LogP contribution in [-0.2, 0) is 6.42 Å². The van der Waals surface area contributed by atoms with Crippen molar-refractivity contribution in [2.75, 3.05) is 12.4 Å². The number of ether oxygens (including phenoxy) is 1. The Kier molecular flexibility index (Phi) is 5.48. The van der Waals surface area contributed by atoms with Crippen LogP contribution in [0.4, 0.5) is 5.69 Å². The number of hydrogen-bond acceptors (Lipinski definition) is 4. The van der Waals surface area contributed by atoms with Crippen LogP contribution in [0, 0.1) is 20.8 Å². The first-order valence-electron chi connectivity index (χ1n) is 10.1. The third-order valence-corrected chi connectivity index (χ3v) is 6.28. The Morgan fingerprint density at radius 2 is 1.83 bits per heavy atom. The van der Waals surface area contributed by atoms with Gasteiger partial charge >= 0.3 is 0 Å². The molecule has 1 atom stereocenters. The van der Waals surface area contributed by atoms with E-state index in [4.69, 9.17) is 17.0 Å². The number of thiocarbonyl (C=S) groups is 1. The second-order valence-corrected chi connectivity index (χ2v) is 8.44. The van der Waals surface area contributed by atoms with Gasteiger partial charge in [-0.2, -0.15) is 0 Å². The van der Waals surface area contributed by atoms with Gasteiger partial charge in [0.1, 0.15) is 17.6 Å². The third-order valence-electron chi connectivity index (χ3n) is 5.92. The smallest absolute Gasteiger partial charge is 0.253 e. The van der Waals surface area contributed by atoms with Gasteiger partial charge in [-0.05, 0) is 49.6 Å². The molecule has 30 heavy (non-hydrogen) atoms. The highest BCUT2D eigenvalue weighted by Gasteiger charge is 2.32. The summed E-state index contributed by atoms with van der Waals surface area (Å²) in [6.45, 7) is 6.27. The molecule has 1 aromatic heterocycles. The van der Waals surface area contributed by atoms with E-state index in [0.717, 1.165) is 21.8 Å². The van der Waals surface area contributed by atoms with E-state index >= 15 is 0 Å². The minimum atomic E-state index is -0.216. The summed E-state index contributed by atoms with van der Waals surface area (Å²) >= 11 is 5.69. The Bertz CT molecular complexity index is 1180. The molecule has 5 heteroatoms. The molecular formula is C25H26N2O2S. The van der Waals surface area contributed by atoms with Crippen molar-refractivity contribution in [1.82, 2.24) is 4.57 Å². The second kappa shape index (κ2) is 8.07. The topological polar surface area (TPSA) is 43.3 Å². The molecular weight excluding hydrogens is 392 g/mol. The van der Waals surface area contributed by atoms with E-state index in [-0.39, 0.29) is 11.7 Å². The Labute approximate surface area is 182 Å². The van der Waals surface area contributed by atoms with Crippen LogP contribution in [0.2, 0.25) is 0 Å². The Hall–Kier alpha value is -2.92. The van der Waals surface area contributed by atoms with Gasteiger partial charge in [0.05, 0.1) is 7.11 Å². The van der Waals surface area contributed by atoms with E-state index < -0.39 is 0 Å². The molecule has 4 rings (SSSR count). The van der Waals surface area contributed by atoms with E-state index in [2.05, 4.69) is 44.3 Å². The summed E-state index contributed by atoms with van der Waals surface area (Å²) in [5.41, 5.74) is 7.37. The average molecular weight is 419 g/mol. The maximum absolute atomic E-state index is 13.2. The van der Waals surface area contributed by atoms with Crippen molar-refractivity contribution < 1.29 is 4.74 Å². The minimum Gasteiger partial charge on any atom is -0.494 e. The molecule has 0 bridgehead atoms. The Balaban J connectivity index is 1.75. The van der Waals surface area contributed by atoms with Crippen molar-refractivity contribution >= 4 is 22.8 Å². The lowest BCUT2D eigenvalue weighted by atomic mass is 9.96. The normalized spacial score (nSPS) is 15.2. The third kappa shape index (κ3) is 3.65. The highest BCUT2D eigenvalue weighted by Crippen LogP contribution is 2.35. The average Bonchev–Trinajstić information content (AvgIpc) is 3.04. The first-order valence-corrected chi connectivity index (χ1v) is 10.5. The standard InChI is InChI=1S/C25H26N2O2S/c1-15-8-10-20(11-9-15)26-22-14-21(30)24-25(29-4)19(13-23(28)27(22)24)12-18-7-5-6-16(2)17(18)3/h5-11,13,22,26H,12,14H2,1-4H3/t22-/m1/s1. The van der Waals surface area contributed by atoms with Crippen LogP contribution in [0.5, 0.6) is 5.75 Å². The number of anilines is 1. The van der Waals surface area contributed by atoms with Crippen molar-refractivity contribution in [3.63, 3.8) is 0 Å². The fourth-order valence-electron chi connectivity index (χ4n) is 4.12. The van der Waals surface area contributed by atoms with Gasteiger partial charge in [-0.15, -0.1) is 0 Å². The molecule has 0 saturated heterocycles. The van der Waals surface area contributed by atoms with E-state index in [0.29, 0.717) is 18.6 Å². The number of nitrogens with one attached hydrogen (secondary N) is 1. The molecule has 0 unspecified atom stereocenters. The molecule has 3 aromatic rings. The highest BCUT2D eigenvalue weighted by molar-refractivity contribution is 7.80. The molecule has 154 valence electrons. The summed E-state index contributed by atoms with van der Waals surface area (Å²) in [5.74, 6) is 0.703. The predicted molar refractivity (Wildman–Crippen MR) is 126 cm³/mol. The van der Waals surface area contributed by atoms with E-state index in [9.17, 15) is 4.79 Å². The summed E-state index contributed by atoms with van der Waals surface area (Å²) in [5, 5.41) is 3.45. The monoisotopic (exact) mass is 418 g/mol. The number of fused-ring (bicyclic) bond motifs is 1. The number of aryl methyl sites for hydroxylation is 2. The molecule has 0 amide bonds. The van der Waals surface area contributed by atoms with Crippen LogP contribution in [0.25, 0.3) is 0 Å². The molecule has 1 aliphatic rings. The number of hydrogen-bond donors (Lipinski definition) is 1. The molecule has 0 aliphatic carbocycles.